The molecule has 0 aromatic rings. The first-order valence-corrected chi connectivity index (χ1v) is 5.14. The highest BCUT2D eigenvalue weighted by Gasteiger charge is 2.41. The smallest absolute Gasteiger partial charge is 0.323 e. The third-order valence-electron chi connectivity index (χ3n) is 3.45. The van der Waals surface area contributed by atoms with Crippen LogP contribution in [0.4, 0.5) is 0 Å². The third-order valence-corrected chi connectivity index (χ3v) is 3.45. The Balaban J connectivity index is 2.02. The van der Waals surface area contributed by atoms with Gasteiger partial charge in [0, 0.05) is 0 Å². The van der Waals surface area contributed by atoms with Crippen LogP contribution in [0.2, 0.25) is 0 Å². The van der Waals surface area contributed by atoms with Gasteiger partial charge in [-0.2, -0.15) is 0 Å². The number of hydrogen-bond acceptors (Lipinski definition) is 3. The van der Waals surface area contributed by atoms with E-state index in [9.17, 15) is 4.79 Å². The highest BCUT2D eigenvalue weighted by atomic mass is 16.5. The van der Waals surface area contributed by atoms with Gasteiger partial charge in [-0.15, -0.1) is 0 Å². The van der Waals surface area contributed by atoms with Crippen molar-refractivity contribution in [3.63, 3.8) is 0 Å². The maximum absolute atomic E-state index is 11.4. The van der Waals surface area contributed by atoms with Crippen molar-refractivity contribution < 1.29 is 9.53 Å². The van der Waals surface area contributed by atoms with Crippen molar-refractivity contribution in [2.45, 2.75) is 31.7 Å². The molecule has 0 aromatic heterocycles. The van der Waals surface area contributed by atoms with Gasteiger partial charge in [-0.25, -0.2) is 0 Å². The van der Waals surface area contributed by atoms with Crippen molar-refractivity contribution >= 4 is 5.97 Å². The fourth-order valence-corrected chi connectivity index (χ4v) is 2.74. The number of carbonyl (C=O) groups is 1. The van der Waals surface area contributed by atoms with Gasteiger partial charge in [-0.1, -0.05) is 12.8 Å². The zero-order chi connectivity index (χ0) is 9.26. The topological polar surface area (TPSA) is 38.3 Å². The Bertz CT molecular complexity index is 205. The Morgan fingerprint density at radius 2 is 2.15 bits per heavy atom. The SMILES string of the molecule is COC(=O)[C@H]1NC[C@@H]2CCCC[C@@H]21. The summed E-state index contributed by atoms with van der Waals surface area (Å²) in [5.74, 6) is 1.19. The fourth-order valence-electron chi connectivity index (χ4n) is 2.74. The van der Waals surface area contributed by atoms with E-state index < -0.39 is 0 Å². The minimum atomic E-state index is -0.0746. The lowest BCUT2D eigenvalue weighted by Crippen LogP contribution is -2.37. The summed E-state index contributed by atoms with van der Waals surface area (Å²) >= 11 is 0. The van der Waals surface area contributed by atoms with Gasteiger partial charge in [0.2, 0.25) is 0 Å². The molecule has 1 aliphatic heterocycles. The molecule has 3 nitrogen and oxygen atoms in total. The zero-order valence-electron chi connectivity index (χ0n) is 8.08. The summed E-state index contributed by atoms with van der Waals surface area (Å²) in [7, 11) is 1.47. The van der Waals surface area contributed by atoms with Gasteiger partial charge in [-0.3, -0.25) is 4.79 Å². The molecule has 0 spiro atoms. The number of hydrogen-bond donors (Lipinski definition) is 1. The second kappa shape index (κ2) is 3.66. The molecule has 1 heterocycles. The van der Waals surface area contributed by atoms with Gasteiger partial charge in [0.05, 0.1) is 7.11 Å². The van der Waals surface area contributed by atoms with Crippen LogP contribution >= 0.6 is 0 Å². The average molecular weight is 183 g/mol. The molecule has 3 atom stereocenters. The number of nitrogens with one attached hydrogen (secondary N) is 1. The minimum Gasteiger partial charge on any atom is -0.468 e. The van der Waals surface area contributed by atoms with Gasteiger partial charge in [0.1, 0.15) is 6.04 Å². The van der Waals surface area contributed by atoms with Crippen molar-refractivity contribution in [2.75, 3.05) is 13.7 Å². The summed E-state index contributed by atoms with van der Waals surface area (Å²) in [5, 5.41) is 3.27. The fraction of sp³-hybridized carbons (Fsp3) is 0.900. The first kappa shape index (κ1) is 9.00. The molecule has 74 valence electrons. The van der Waals surface area contributed by atoms with Crippen LogP contribution in [-0.2, 0) is 9.53 Å². The van der Waals surface area contributed by atoms with E-state index in [4.69, 9.17) is 4.74 Å². The lowest BCUT2D eigenvalue weighted by Gasteiger charge is -2.26. The summed E-state index contributed by atoms with van der Waals surface area (Å²) < 4.78 is 4.78. The van der Waals surface area contributed by atoms with E-state index in [-0.39, 0.29) is 12.0 Å². The van der Waals surface area contributed by atoms with Crippen molar-refractivity contribution in [2.24, 2.45) is 11.8 Å². The Kier molecular flexibility index (Phi) is 2.54. The van der Waals surface area contributed by atoms with E-state index in [1.807, 2.05) is 0 Å². The van der Waals surface area contributed by atoms with Gasteiger partial charge in [0.15, 0.2) is 0 Å². The second-order valence-electron chi connectivity index (χ2n) is 4.12. The lowest BCUT2D eigenvalue weighted by molar-refractivity contribution is -0.144. The molecule has 1 N–H and O–H groups in total. The monoisotopic (exact) mass is 183 g/mol. The Hall–Kier alpha value is -0.570. The number of fused-ring (bicyclic) bond motifs is 1. The number of ether oxygens (including phenoxy) is 1. The van der Waals surface area contributed by atoms with Gasteiger partial charge >= 0.3 is 5.97 Å². The molecule has 0 aromatic carbocycles. The van der Waals surface area contributed by atoms with E-state index in [1.165, 1.54) is 32.8 Å². The molecule has 0 radical (unpaired) electrons. The highest BCUT2D eigenvalue weighted by Crippen LogP contribution is 2.36. The minimum absolute atomic E-state index is 0.0182. The number of esters is 1. The zero-order valence-corrected chi connectivity index (χ0v) is 8.08. The highest BCUT2D eigenvalue weighted by molar-refractivity contribution is 5.76. The Morgan fingerprint density at radius 3 is 2.92 bits per heavy atom. The summed E-state index contributed by atoms with van der Waals surface area (Å²) in [5.41, 5.74) is 0. The molecule has 1 aliphatic carbocycles. The van der Waals surface area contributed by atoms with Crippen LogP contribution in [-0.4, -0.2) is 25.7 Å². The summed E-state index contributed by atoms with van der Waals surface area (Å²) in [6.45, 7) is 1.00. The molecule has 1 saturated carbocycles. The van der Waals surface area contributed by atoms with Crippen LogP contribution < -0.4 is 5.32 Å². The predicted molar refractivity (Wildman–Crippen MR) is 49.3 cm³/mol. The molecule has 0 unspecified atom stereocenters. The van der Waals surface area contributed by atoms with Crippen molar-refractivity contribution in [3.05, 3.63) is 0 Å². The van der Waals surface area contributed by atoms with Gasteiger partial charge in [0.25, 0.3) is 0 Å². The van der Waals surface area contributed by atoms with E-state index >= 15 is 0 Å². The third kappa shape index (κ3) is 1.57. The van der Waals surface area contributed by atoms with E-state index in [1.54, 1.807) is 0 Å². The van der Waals surface area contributed by atoms with Crippen LogP contribution in [0, 0.1) is 11.8 Å². The van der Waals surface area contributed by atoms with Crippen LogP contribution in [0.5, 0.6) is 0 Å². The quantitative estimate of drug-likeness (QED) is 0.615. The number of carbonyl (C=O) groups excluding carboxylic acids is 1. The summed E-state index contributed by atoms with van der Waals surface area (Å²) in [4.78, 5) is 11.4. The lowest BCUT2D eigenvalue weighted by atomic mass is 9.78. The standard InChI is InChI=1S/C10H17NO2/c1-13-10(12)9-8-5-3-2-4-7(8)6-11-9/h7-9,11H,2-6H2,1H3/t7-,8-,9-/m0/s1. The van der Waals surface area contributed by atoms with Crippen molar-refractivity contribution in [1.29, 1.82) is 0 Å². The van der Waals surface area contributed by atoms with Crippen molar-refractivity contribution in [3.8, 4) is 0 Å². The molecule has 0 amide bonds. The normalized spacial score (nSPS) is 38.4. The van der Waals surface area contributed by atoms with Crippen LogP contribution in [0.25, 0.3) is 0 Å². The maximum Gasteiger partial charge on any atom is 0.323 e. The first-order chi connectivity index (χ1) is 6.33. The Labute approximate surface area is 78.8 Å². The average Bonchev–Trinajstić information content (AvgIpc) is 2.60. The summed E-state index contributed by atoms with van der Waals surface area (Å²) in [6.07, 6.45) is 5.08. The summed E-state index contributed by atoms with van der Waals surface area (Å²) in [6, 6.07) is -0.0182. The largest absolute Gasteiger partial charge is 0.468 e. The second-order valence-corrected chi connectivity index (χ2v) is 4.12. The van der Waals surface area contributed by atoms with Crippen molar-refractivity contribution in [1.82, 2.24) is 5.32 Å². The van der Waals surface area contributed by atoms with Crippen LogP contribution in [0.1, 0.15) is 25.7 Å². The molecule has 13 heavy (non-hydrogen) atoms. The van der Waals surface area contributed by atoms with E-state index in [0.29, 0.717) is 5.92 Å². The molecule has 1 saturated heterocycles. The Morgan fingerprint density at radius 1 is 1.38 bits per heavy atom. The maximum atomic E-state index is 11.4. The van der Waals surface area contributed by atoms with Crippen LogP contribution in [0.15, 0.2) is 0 Å². The molecule has 2 aliphatic rings. The van der Waals surface area contributed by atoms with E-state index in [0.717, 1.165) is 12.5 Å². The molecule has 2 fully saturated rings. The van der Waals surface area contributed by atoms with Crippen LogP contribution in [0.3, 0.4) is 0 Å². The molecule has 0 bridgehead atoms. The molecule has 3 heteroatoms. The molecular weight excluding hydrogens is 166 g/mol. The van der Waals surface area contributed by atoms with E-state index in [2.05, 4.69) is 5.32 Å². The van der Waals surface area contributed by atoms with Gasteiger partial charge < -0.3 is 10.1 Å². The molecule has 2 rings (SSSR count). The van der Waals surface area contributed by atoms with Gasteiger partial charge in [-0.05, 0) is 31.2 Å². The molecular formula is C10H17NO2. The predicted octanol–water partition coefficient (Wildman–Crippen LogP) is 0.938. The number of rotatable bonds is 1. The first-order valence-electron chi connectivity index (χ1n) is 5.14. The number of methoxy groups -OCH3 is 1.